The van der Waals surface area contributed by atoms with Gasteiger partial charge >= 0.3 is 12.3 Å². The summed E-state index contributed by atoms with van der Waals surface area (Å²) >= 11 is 0. The van der Waals surface area contributed by atoms with Crippen molar-refractivity contribution in [2.75, 3.05) is 35.2 Å². The monoisotopic (exact) mass is 616 g/mol. The summed E-state index contributed by atoms with van der Waals surface area (Å²) in [6, 6.07) is 9.73. The molecule has 234 valence electrons. The van der Waals surface area contributed by atoms with Crippen molar-refractivity contribution in [3.8, 4) is 11.3 Å². The van der Waals surface area contributed by atoms with Crippen LogP contribution in [-0.2, 0) is 27.1 Å². The van der Waals surface area contributed by atoms with E-state index in [1.807, 2.05) is 0 Å². The Hall–Kier alpha value is -4.43. The van der Waals surface area contributed by atoms with E-state index in [0.717, 1.165) is 25.3 Å². The van der Waals surface area contributed by atoms with E-state index in [1.165, 1.54) is 17.0 Å². The second-order valence-corrected chi connectivity index (χ2v) is 10.6. The third kappa shape index (κ3) is 7.74. The average Bonchev–Trinajstić information content (AvgIpc) is 3.70. The molecule has 44 heavy (non-hydrogen) atoms. The standard InChI is InChI=1S/C30H31F3N4O7/c31-30(32,33)21-14-23(24(35-29(40)41)15-25(21)37-9-2-3-10-37)34-27(39)16-26(38)19-7-5-6-18(12-19)22-13-20(44-36-22)17-43-28-8-1-4-11-42-28/h5-7,12-15,28,35H,1-4,8-11,16-17H2,(H,34,39)(H,40,41). The molecule has 5 rings (SSSR count). The lowest BCUT2D eigenvalue weighted by Crippen LogP contribution is -2.24. The predicted octanol–water partition coefficient (Wildman–Crippen LogP) is 6.31. The van der Waals surface area contributed by atoms with E-state index in [1.54, 1.807) is 18.2 Å². The maximum Gasteiger partial charge on any atom is 0.418 e. The zero-order chi connectivity index (χ0) is 31.3. The van der Waals surface area contributed by atoms with E-state index < -0.39 is 41.6 Å². The summed E-state index contributed by atoms with van der Waals surface area (Å²) in [5, 5.41) is 17.6. The number of ketones is 1. The number of carbonyl (C=O) groups is 3. The summed E-state index contributed by atoms with van der Waals surface area (Å²) in [7, 11) is 0. The van der Waals surface area contributed by atoms with Gasteiger partial charge in [-0.1, -0.05) is 23.4 Å². The Balaban J connectivity index is 1.28. The minimum atomic E-state index is -4.77. The van der Waals surface area contributed by atoms with Crippen LogP contribution in [0.15, 0.2) is 47.0 Å². The maximum absolute atomic E-state index is 14.0. The number of anilines is 3. The first-order valence-corrected chi connectivity index (χ1v) is 14.2. The van der Waals surface area contributed by atoms with E-state index >= 15 is 0 Å². The summed E-state index contributed by atoms with van der Waals surface area (Å²) in [5.74, 6) is -1.06. The van der Waals surface area contributed by atoms with Gasteiger partial charge in [0, 0.05) is 36.9 Å². The molecule has 3 aromatic rings. The van der Waals surface area contributed by atoms with Gasteiger partial charge in [0.25, 0.3) is 0 Å². The first kappa shape index (κ1) is 31.0. The maximum atomic E-state index is 14.0. The number of carbonyl (C=O) groups excluding carboxylic acids is 2. The van der Waals surface area contributed by atoms with E-state index in [0.29, 0.717) is 55.6 Å². The molecule has 3 heterocycles. The highest BCUT2D eigenvalue weighted by Gasteiger charge is 2.37. The number of hydrogen-bond acceptors (Lipinski definition) is 8. The Labute approximate surface area is 250 Å². The van der Waals surface area contributed by atoms with Crippen molar-refractivity contribution in [3.05, 3.63) is 59.4 Å². The van der Waals surface area contributed by atoms with Crippen LogP contribution in [0.25, 0.3) is 11.3 Å². The molecule has 2 aliphatic heterocycles. The number of ether oxygens (including phenoxy) is 2. The second-order valence-electron chi connectivity index (χ2n) is 10.6. The molecule has 2 amide bonds. The van der Waals surface area contributed by atoms with Gasteiger partial charge in [0.2, 0.25) is 5.91 Å². The van der Waals surface area contributed by atoms with Gasteiger partial charge in [0.05, 0.1) is 29.0 Å². The number of halogens is 3. The van der Waals surface area contributed by atoms with Crippen LogP contribution in [0.2, 0.25) is 0 Å². The largest absolute Gasteiger partial charge is 0.465 e. The lowest BCUT2D eigenvalue weighted by Gasteiger charge is -2.25. The Bertz CT molecular complexity index is 1510. The fraction of sp³-hybridized carbons (Fsp3) is 0.400. The topological polar surface area (TPSA) is 143 Å². The number of benzene rings is 2. The summed E-state index contributed by atoms with van der Waals surface area (Å²) in [5.41, 5.74) is -0.711. The molecule has 1 atom stereocenters. The molecule has 3 N–H and O–H groups in total. The number of nitrogens with zero attached hydrogens (tertiary/aromatic N) is 2. The van der Waals surface area contributed by atoms with Gasteiger partial charge in [-0.2, -0.15) is 13.2 Å². The van der Waals surface area contributed by atoms with Crippen LogP contribution in [0.1, 0.15) is 60.2 Å². The molecule has 2 fully saturated rings. The van der Waals surface area contributed by atoms with Gasteiger partial charge in [0.1, 0.15) is 12.3 Å². The summed E-state index contributed by atoms with van der Waals surface area (Å²) in [6.45, 7) is 1.57. The van der Waals surface area contributed by atoms with E-state index in [-0.39, 0.29) is 29.8 Å². The van der Waals surface area contributed by atoms with Gasteiger partial charge in [-0.3, -0.25) is 14.9 Å². The van der Waals surface area contributed by atoms with Crippen molar-refractivity contribution in [2.45, 2.75) is 57.6 Å². The number of amides is 2. The highest BCUT2D eigenvalue weighted by Crippen LogP contribution is 2.42. The molecule has 0 spiro atoms. The molecule has 2 saturated heterocycles. The summed E-state index contributed by atoms with van der Waals surface area (Å²) < 4.78 is 58.6. The fourth-order valence-corrected chi connectivity index (χ4v) is 5.19. The first-order valence-electron chi connectivity index (χ1n) is 14.2. The minimum absolute atomic E-state index is 0.157. The van der Waals surface area contributed by atoms with Gasteiger partial charge in [-0.15, -0.1) is 0 Å². The van der Waals surface area contributed by atoms with Crippen molar-refractivity contribution in [1.29, 1.82) is 0 Å². The van der Waals surface area contributed by atoms with Crippen LogP contribution < -0.4 is 15.5 Å². The number of hydrogen-bond donors (Lipinski definition) is 3. The van der Waals surface area contributed by atoms with Crippen LogP contribution in [0.4, 0.5) is 35.0 Å². The van der Waals surface area contributed by atoms with Crippen LogP contribution in [-0.4, -0.2) is 54.0 Å². The van der Waals surface area contributed by atoms with Crippen molar-refractivity contribution in [3.63, 3.8) is 0 Å². The molecular weight excluding hydrogens is 585 g/mol. The highest BCUT2D eigenvalue weighted by atomic mass is 19.4. The summed E-state index contributed by atoms with van der Waals surface area (Å²) in [4.78, 5) is 38.8. The Morgan fingerprint density at radius 1 is 1.02 bits per heavy atom. The number of rotatable bonds is 10. The first-order chi connectivity index (χ1) is 21.1. The molecular formula is C30H31F3N4O7. The molecule has 0 saturated carbocycles. The van der Waals surface area contributed by atoms with E-state index in [4.69, 9.17) is 14.0 Å². The number of nitrogens with one attached hydrogen (secondary N) is 2. The van der Waals surface area contributed by atoms with Crippen molar-refractivity contribution in [1.82, 2.24) is 5.16 Å². The Kier molecular flexibility index (Phi) is 9.49. The number of aromatic nitrogens is 1. The minimum Gasteiger partial charge on any atom is -0.465 e. The van der Waals surface area contributed by atoms with Gasteiger partial charge in [0.15, 0.2) is 17.8 Å². The van der Waals surface area contributed by atoms with Crippen LogP contribution in [0.3, 0.4) is 0 Å². The number of Topliss-reactive ketones (excluding diaryl/α,β-unsaturated/α-hetero) is 1. The summed E-state index contributed by atoms with van der Waals surface area (Å²) in [6.07, 6.45) is -3.09. The third-order valence-corrected chi connectivity index (χ3v) is 7.31. The van der Waals surface area contributed by atoms with Crippen LogP contribution in [0, 0.1) is 0 Å². The third-order valence-electron chi connectivity index (χ3n) is 7.31. The fourth-order valence-electron chi connectivity index (χ4n) is 5.19. The van der Waals surface area contributed by atoms with Crippen molar-refractivity contribution < 1.29 is 46.7 Å². The van der Waals surface area contributed by atoms with Crippen molar-refractivity contribution >= 4 is 34.8 Å². The molecule has 2 aliphatic rings. The predicted molar refractivity (Wildman–Crippen MR) is 152 cm³/mol. The van der Waals surface area contributed by atoms with E-state index in [2.05, 4.69) is 15.8 Å². The second kappa shape index (κ2) is 13.5. The van der Waals surface area contributed by atoms with Crippen molar-refractivity contribution in [2.24, 2.45) is 0 Å². The zero-order valence-corrected chi connectivity index (χ0v) is 23.6. The SMILES string of the molecule is O=C(O)Nc1cc(N2CCCC2)c(C(F)(F)F)cc1NC(=O)CC(=O)c1cccc(-c2cc(COC3CCCCO3)on2)c1. The van der Waals surface area contributed by atoms with Gasteiger partial charge in [-0.25, -0.2) is 4.79 Å². The van der Waals surface area contributed by atoms with Crippen LogP contribution >= 0.6 is 0 Å². The lowest BCUT2D eigenvalue weighted by molar-refractivity contribution is -0.171. The molecule has 1 unspecified atom stereocenters. The van der Waals surface area contributed by atoms with Crippen LogP contribution in [0.5, 0.6) is 0 Å². The number of carboxylic acid groups (broad SMARTS) is 1. The Morgan fingerprint density at radius 2 is 1.80 bits per heavy atom. The lowest BCUT2D eigenvalue weighted by atomic mass is 10.0. The molecule has 1 aromatic heterocycles. The van der Waals surface area contributed by atoms with Gasteiger partial charge < -0.3 is 29.3 Å². The molecule has 2 aromatic carbocycles. The Morgan fingerprint density at radius 3 is 2.50 bits per heavy atom. The molecule has 0 bridgehead atoms. The average molecular weight is 617 g/mol. The number of alkyl halides is 3. The normalized spacial score (nSPS) is 17.0. The van der Waals surface area contributed by atoms with Gasteiger partial charge in [-0.05, 0) is 50.3 Å². The van der Waals surface area contributed by atoms with E-state index in [9.17, 15) is 32.7 Å². The molecule has 11 nitrogen and oxygen atoms in total. The molecule has 14 heteroatoms. The molecule has 0 radical (unpaired) electrons. The zero-order valence-electron chi connectivity index (χ0n) is 23.6. The smallest absolute Gasteiger partial charge is 0.418 e. The molecule has 0 aliphatic carbocycles. The quantitative estimate of drug-likeness (QED) is 0.176. The highest BCUT2D eigenvalue weighted by molar-refractivity contribution is 6.12.